The fourth-order valence-electron chi connectivity index (χ4n) is 4.94. The van der Waals surface area contributed by atoms with E-state index in [1.807, 2.05) is 26.0 Å². The Balaban J connectivity index is 1.54. The van der Waals surface area contributed by atoms with Gasteiger partial charge in [0.15, 0.2) is 16.6 Å². The third-order valence-electron chi connectivity index (χ3n) is 6.72. The number of thiazole rings is 1. The maximum Gasteiger partial charge on any atom is 0.301 e. The fourth-order valence-corrected chi connectivity index (χ4v) is 6.11. The first kappa shape index (κ1) is 24.0. The van der Waals surface area contributed by atoms with Crippen molar-refractivity contribution in [2.75, 3.05) is 25.2 Å². The van der Waals surface area contributed by atoms with Crippen LogP contribution in [0.25, 0.3) is 16.0 Å². The van der Waals surface area contributed by atoms with Crippen molar-refractivity contribution in [3.63, 3.8) is 0 Å². The van der Waals surface area contributed by atoms with Gasteiger partial charge in [0.05, 0.1) is 28.9 Å². The lowest BCUT2D eigenvalue weighted by Gasteiger charge is -2.23. The van der Waals surface area contributed by atoms with Crippen molar-refractivity contribution in [3.05, 3.63) is 82.4 Å². The minimum Gasteiger partial charge on any atom is -0.507 e. The SMILES string of the molecule is COc1ccc([C@H]2C(=C(O)c3ccc4c(c3)OCCO4)C(=O)C(=O)N2c2nc3c(C)cc(C)cc3s2)cc1. The Morgan fingerprint density at radius 2 is 1.76 bits per heavy atom. The molecule has 0 aliphatic carbocycles. The van der Waals surface area contributed by atoms with Crippen LogP contribution in [0.3, 0.4) is 0 Å². The zero-order valence-corrected chi connectivity index (χ0v) is 21.8. The normalized spacial score (nSPS) is 18.3. The largest absolute Gasteiger partial charge is 0.507 e. The quantitative estimate of drug-likeness (QED) is 0.218. The lowest BCUT2D eigenvalue weighted by atomic mass is 9.95. The van der Waals surface area contributed by atoms with Gasteiger partial charge < -0.3 is 19.3 Å². The highest BCUT2D eigenvalue weighted by atomic mass is 32.1. The van der Waals surface area contributed by atoms with E-state index in [0.29, 0.717) is 46.7 Å². The number of nitrogens with zero attached hydrogens (tertiary/aromatic N) is 2. The van der Waals surface area contributed by atoms with Gasteiger partial charge in [0.1, 0.15) is 24.7 Å². The van der Waals surface area contributed by atoms with Gasteiger partial charge in [-0.05, 0) is 66.9 Å². The summed E-state index contributed by atoms with van der Waals surface area (Å²) in [5, 5.41) is 11.9. The maximum absolute atomic E-state index is 13.5. The zero-order chi connectivity index (χ0) is 26.6. The summed E-state index contributed by atoms with van der Waals surface area (Å²) in [6, 6.07) is 15.2. The minimum atomic E-state index is -0.893. The molecule has 6 rings (SSSR count). The molecular weight excluding hydrogens is 504 g/mol. The molecule has 0 spiro atoms. The molecule has 0 bridgehead atoms. The van der Waals surface area contributed by atoms with Gasteiger partial charge in [0, 0.05) is 5.56 Å². The van der Waals surface area contributed by atoms with Gasteiger partial charge in [0.2, 0.25) is 0 Å². The van der Waals surface area contributed by atoms with Crippen molar-refractivity contribution >= 4 is 44.1 Å². The Bertz CT molecular complexity index is 1640. The predicted molar refractivity (Wildman–Crippen MR) is 144 cm³/mol. The van der Waals surface area contributed by atoms with E-state index in [-0.39, 0.29) is 11.3 Å². The van der Waals surface area contributed by atoms with Gasteiger partial charge >= 0.3 is 5.91 Å². The number of hydrogen-bond donors (Lipinski definition) is 1. The molecule has 0 unspecified atom stereocenters. The van der Waals surface area contributed by atoms with E-state index >= 15 is 0 Å². The summed E-state index contributed by atoms with van der Waals surface area (Å²) >= 11 is 1.34. The number of anilines is 1. The second-order valence-electron chi connectivity index (χ2n) is 9.23. The van der Waals surface area contributed by atoms with Crippen molar-refractivity contribution in [1.29, 1.82) is 0 Å². The van der Waals surface area contributed by atoms with Gasteiger partial charge in [-0.15, -0.1) is 0 Å². The first-order chi connectivity index (χ1) is 18.4. The fraction of sp³-hybridized carbons (Fsp3) is 0.207. The second-order valence-corrected chi connectivity index (χ2v) is 10.2. The van der Waals surface area contributed by atoms with E-state index in [4.69, 9.17) is 19.2 Å². The number of benzene rings is 3. The van der Waals surface area contributed by atoms with Gasteiger partial charge in [-0.1, -0.05) is 29.5 Å². The molecule has 38 heavy (non-hydrogen) atoms. The Morgan fingerprint density at radius 3 is 2.50 bits per heavy atom. The first-order valence-corrected chi connectivity index (χ1v) is 12.9. The molecule has 3 heterocycles. The van der Waals surface area contributed by atoms with E-state index in [2.05, 4.69) is 0 Å². The van der Waals surface area contributed by atoms with Crippen LogP contribution in [0.1, 0.15) is 28.3 Å². The second kappa shape index (κ2) is 9.18. The number of fused-ring (bicyclic) bond motifs is 2. The van der Waals surface area contributed by atoms with Crippen LogP contribution < -0.4 is 19.1 Å². The van der Waals surface area contributed by atoms with Gasteiger partial charge in [-0.25, -0.2) is 4.98 Å². The summed E-state index contributed by atoms with van der Waals surface area (Å²) in [5.74, 6) is -0.184. The van der Waals surface area contributed by atoms with Gasteiger partial charge in [-0.2, -0.15) is 0 Å². The maximum atomic E-state index is 13.5. The van der Waals surface area contributed by atoms with Crippen LogP contribution >= 0.6 is 11.3 Å². The Labute approximate surface area is 222 Å². The molecule has 1 atom stereocenters. The highest BCUT2D eigenvalue weighted by Crippen LogP contribution is 2.45. The molecule has 192 valence electrons. The minimum absolute atomic E-state index is 0.0241. The summed E-state index contributed by atoms with van der Waals surface area (Å²) < 4.78 is 17.5. The number of methoxy groups -OCH3 is 1. The number of aliphatic hydroxyl groups is 1. The summed E-state index contributed by atoms with van der Waals surface area (Å²) in [5.41, 5.74) is 3.80. The molecule has 1 aromatic heterocycles. The van der Waals surface area contributed by atoms with Crippen molar-refractivity contribution in [2.45, 2.75) is 19.9 Å². The number of aromatic nitrogens is 1. The highest BCUT2D eigenvalue weighted by molar-refractivity contribution is 7.22. The van der Waals surface area contributed by atoms with Crippen molar-refractivity contribution in [2.24, 2.45) is 0 Å². The average molecular weight is 529 g/mol. The van der Waals surface area contributed by atoms with Crippen LogP contribution in [-0.2, 0) is 9.59 Å². The van der Waals surface area contributed by atoms with E-state index in [0.717, 1.165) is 21.3 Å². The van der Waals surface area contributed by atoms with Crippen LogP contribution in [0.5, 0.6) is 17.2 Å². The van der Waals surface area contributed by atoms with E-state index in [9.17, 15) is 14.7 Å². The van der Waals surface area contributed by atoms with E-state index < -0.39 is 17.7 Å². The molecule has 0 saturated carbocycles. The summed E-state index contributed by atoms with van der Waals surface area (Å²) in [4.78, 5) is 33.2. The van der Waals surface area contributed by atoms with Crippen LogP contribution in [0, 0.1) is 13.8 Å². The van der Waals surface area contributed by atoms with Crippen LogP contribution in [-0.4, -0.2) is 42.1 Å². The van der Waals surface area contributed by atoms with Crippen LogP contribution in [0.2, 0.25) is 0 Å². The molecule has 0 radical (unpaired) electrons. The molecule has 2 aliphatic rings. The molecule has 9 heteroatoms. The molecule has 3 aromatic carbocycles. The molecule has 1 fully saturated rings. The standard InChI is InChI=1S/C29H24N2O6S/c1-15-12-16(2)24-22(13-15)38-29(30-24)31-25(17-4-7-19(35-3)8-5-17)23(27(33)28(31)34)26(32)18-6-9-20-21(14-18)37-11-10-36-20/h4-9,12-14,25,32H,10-11H2,1-3H3/t25-/m0/s1. The summed E-state index contributed by atoms with van der Waals surface area (Å²) in [6.07, 6.45) is 0. The summed E-state index contributed by atoms with van der Waals surface area (Å²) in [7, 11) is 1.56. The topological polar surface area (TPSA) is 98.2 Å². The average Bonchev–Trinajstić information content (AvgIpc) is 3.46. The molecule has 2 aliphatic heterocycles. The Morgan fingerprint density at radius 1 is 1.03 bits per heavy atom. The van der Waals surface area contributed by atoms with Crippen LogP contribution in [0.15, 0.2) is 60.2 Å². The number of ketones is 1. The molecule has 1 saturated heterocycles. The highest BCUT2D eigenvalue weighted by Gasteiger charge is 2.48. The van der Waals surface area contributed by atoms with Gasteiger partial charge in [0.25, 0.3) is 5.78 Å². The van der Waals surface area contributed by atoms with E-state index in [1.165, 1.54) is 16.2 Å². The predicted octanol–water partition coefficient (Wildman–Crippen LogP) is 5.32. The molecular formula is C29H24N2O6S. The number of rotatable bonds is 4. The number of carbonyl (C=O) groups excluding carboxylic acids is 2. The van der Waals surface area contributed by atoms with Crippen molar-refractivity contribution in [1.82, 2.24) is 4.98 Å². The monoisotopic (exact) mass is 528 g/mol. The molecule has 4 aromatic rings. The third kappa shape index (κ3) is 3.86. The number of ether oxygens (including phenoxy) is 3. The zero-order valence-electron chi connectivity index (χ0n) is 21.0. The number of carbonyl (C=O) groups is 2. The lowest BCUT2D eigenvalue weighted by Crippen LogP contribution is -2.29. The smallest absolute Gasteiger partial charge is 0.301 e. The molecule has 1 amide bonds. The Hall–Kier alpha value is -4.37. The number of hydrogen-bond acceptors (Lipinski definition) is 8. The Kier molecular flexibility index (Phi) is 5.80. The number of aliphatic hydroxyl groups excluding tert-OH is 1. The third-order valence-corrected chi connectivity index (χ3v) is 7.72. The lowest BCUT2D eigenvalue weighted by molar-refractivity contribution is -0.132. The number of Topliss-reactive ketones (excluding diaryl/α,β-unsaturated/α-hetero) is 1. The number of aryl methyl sites for hydroxylation is 2. The van der Waals surface area contributed by atoms with Gasteiger partial charge in [-0.3, -0.25) is 14.5 Å². The first-order valence-electron chi connectivity index (χ1n) is 12.1. The van der Waals surface area contributed by atoms with Crippen LogP contribution in [0.4, 0.5) is 5.13 Å². The summed E-state index contributed by atoms with van der Waals surface area (Å²) in [6.45, 7) is 4.78. The molecule has 1 N–H and O–H groups in total. The van der Waals surface area contributed by atoms with Crippen molar-refractivity contribution < 1.29 is 28.9 Å². The number of amides is 1. The molecule has 8 nitrogen and oxygen atoms in total. The van der Waals surface area contributed by atoms with E-state index in [1.54, 1.807) is 49.6 Å². The van der Waals surface area contributed by atoms with Crippen molar-refractivity contribution in [3.8, 4) is 17.2 Å².